The number of amides is 1. The van der Waals surface area contributed by atoms with E-state index >= 15 is 0 Å². The molecule has 31 heavy (non-hydrogen) atoms. The molecular weight excluding hydrogens is 412 g/mol. The monoisotopic (exact) mass is 440 g/mol. The van der Waals surface area contributed by atoms with E-state index in [2.05, 4.69) is 21.6 Å². The van der Waals surface area contributed by atoms with E-state index in [1.54, 1.807) is 7.11 Å². The van der Waals surface area contributed by atoms with Crippen molar-refractivity contribution in [1.29, 1.82) is 0 Å². The van der Waals surface area contributed by atoms with Gasteiger partial charge >= 0.3 is 0 Å². The SMILES string of the molecule is CCn1c(SCC(=O)Nc2cc(C)cc(C)c2)nnc1C(C)Oc1ccc(OC)cc1. The van der Waals surface area contributed by atoms with Gasteiger partial charge in [-0.2, -0.15) is 0 Å². The molecule has 0 fully saturated rings. The van der Waals surface area contributed by atoms with Gasteiger partial charge in [0, 0.05) is 12.2 Å². The van der Waals surface area contributed by atoms with E-state index in [-0.39, 0.29) is 17.8 Å². The summed E-state index contributed by atoms with van der Waals surface area (Å²) in [4.78, 5) is 12.4. The van der Waals surface area contributed by atoms with Crippen LogP contribution in [0.15, 0.2) is 47.6 Å². The topological polar surface area (TPSA) is 78.3 Å². The summed E-state index contributed by atoms with van der Waals surface area (Å²) >= 11 is 1.36. The normalized spacial score (nSPS) is 11.8. The molecule has 8 heteroatoms. The summed E-state index contributed by atoms with van der Waals surface area (Å²) in [5.74, 6) is 2.38. The quantitative estimate of drug-likeness (QED) is 0.482. The first-order chi connectivity index (χ1) is 14.9. The predicted octanol–water partition coefficient (Wildman–Crippen LogP) is 4.79. The van der Waals surface area contributed by atoms with Gasteiger partial charge in [-0.1, -0.05) is 17.8 Å². The number of nitrogens with one attached hydrogen (secondary N) is 1. The second-order valence-corrected chi connectivity index (χ2v) is 8.18. The molecule has 2 aromatic carbocycles. The van der Waals surface area contributed by atoms with Crippen molar-refractivity contribution in [2.45, 2.75) is 45.5 Å². The number of aryl methyl sites for hydroxylation is 2. The van der Waals surface area contributed by atoms with Gasteiger partial charge in [0.1, 0.15) is 11.5 Å². The average Bonchev–Trinajstić information content (AvgIpc) is 3.15. The third-order valence-electron chi connectivity index (χ3n) is 4.64. The first-order valence-corrected chi connectivity index (χ1v) is 11.1. The zero-order valence-corrected chi connectivity index (χ0v) is 19.3. The Morgan fingerprint density at radius 1 is 1.10 bits per heavy atom. The molecule has 0 aliphatic rings. The molecule has 0 aliphatic heterocycles. The number of carbonyl (C=O) groups is 1. The number of carbonyl (C=O) groups excluding carboxylic acids is 1. The Balaban J connectivity index is 1.62. The molecule has 1 N–H and O–H groups in total. The molecule has 1 unspecified atom stereocenters. The summed E-state index contributed by atoms with van der Waals surface area (Å²) in [5.41, 5.74) is 3.04. The Hall–Kier alpha value is -3.00. The van der Waals surface area contributed by atoms with E-state index in [0.717, 1.165) is 34.1 Å². The van der Waals surface area contributed by atoms with Gasteiger partial charge in [-0.15, -0.1) is 10.2 Å². The lowest BCUT2D eigenvalue weighted by atomic mass is 10.1. The second-order valence-electron chi connectivity index (χ2n) is 7.23. The fraction of sp³-hybridized carbons (Fsp3) is 0.348. The molecule has 0 aliphatic carbocycles. The van der Waals surface area contributed by atoms with Crippen molar-refractivity contribution in [3.63, 3.8) is 0 Å². The minimum Gasteiger partial charge on any atom is -0.497 e. The lowest BCUT2D eigenvalue weighted by molar-refractivity contribution is -0.113. The minimum absolute atomic E-state index is 0.0789. The molecule has 3 rings (SSSR count). The fourth-order valence-electron chi connectivity index (χ4n) is 3.29. The third-order valence-corrected chi connectivity index (χ3v) is 5.60. The van der Waals surface area contributed by atoms with Crippen LogP contribution >= 0.6 is 11.8 Å². The molecule has 1 heterocycles. The first kappa shape index (κ1) is 22.7. The lowest BCUT2D eigenvalue weighted by Gasteiger charge is -2.16. The molecule has 1 amide bonds. The van der Waals surface area contributed by atoms with Gasteiger partial charge in [0.2, 0.25) is 5.91 Å². The molecule has 164 valence electrons. The minimum atomic E-state index is -0.292. The van der Waals surface area contributed by atoms with Gasteiger partial charge in [-0.05, 0) is 75.2 Å². The Morgan fingerprint density at radius 3 is 2.35 bits per heavy atom. The van der Waals surface area contributed by atoms with Crippen molar-refractivity contribution in [2.75, 3.05) is 18.2 Å². The second kappa shape index (κ2) is 10.3. The van der Waals surface area contributed by atoms with Crippen molar-refractivity contribution >= 4 is 23.4 Å². The Kier molecular flexibility index (Phi) is 7.57. The fourth-order valence-corrected chi connectivity index (χ4v) is 4.10. The van der Waals surface area contributed by atoms with Crippen molar-refractivity contribution in [2.24, 2.45) is 0 Å². The highest BCUT2D eigenvalue weighted by Gasteiger charge is 2.19. The largest absolute Gasteiger partial charge is 0.497 e. The van der Waals surface area contributed by atoms with Gasteiger partial charge in [-0.3, -0.25) is 4.79 Å². The van der Waals surface area contributed by atoms with Crippen molar-refractivity contribution in [1.82, 2.24) is 14.8 Å². The standard InChI is InChI=1S/C23H28N4O3S/c1-6-27-22(17(4)30-20-9-7-19(29-5)8-10-20)25-26-23(27)31-14-21(28)24-18-12-15(2)11-16(3)13-18/h7-13,17H,6,14H2,1-5H3,(H,24,28). The van der Waals surface area contributed by atoms with Crippen molar-refractivity contribution in [3.05, 3.63) is 59.4 Å². The van der Waals surface area contributed by atoms with Gasteiger partial charge in [0.15, 0.2) is 17.1 Å². The van der Waals surface area contributed by atoms with Gasteiger partial charge in [0.25, 0.3) is 0 Å². The summed E-state index contributed by atoms with van der Waals surface area (Å²) in [6.07, 6.45) is -0.292. The predicted molar refractivity (Wildman–Crippen MR) is 123 cm³/mol. The maximum atomic E-state index is 12.4. The molecule has 7 nitrogen and oxygen atoms in total. The van der Waals surface area contributed by atoms with Crippen LogP contribution < -0.4 is 14.8 Å². The average molecular weight is 441 g/mol. The molecule has 0 radical (unpaired) electrons. The molecular formula is C23H28N4O3S. The summed E-state index contributed by atoms with van der Waals surface area (Å²) in [6.45, 7) is 8.66. The highest BCUT2D eigenvalue weighted by Crippen LogP contribution is 2.26. The van der Waals surface area contributed by atoms with Crippen LogP contribution in [0.4, 0.5) is 5.69 Å². The molecule has 1 atom stereocenters. The van der Waals surface area contributed by atoms with Crippen LogP contribution in [0.2, 0.25) is 0 Å². The van der Waals surface area contributed by atoms with Gasteiger partial charge in [-0.25, -0.2) is 0 Å². The number of aromatic nitrogens is 3. The van der Waals surface area contributed by atoms with Crippen LogP contribution in [0.5, 0.6) is 11.5 Å². The number of nitrogens with zero attached hydrogens (tertiary/aromatic N) is 3. The third kappa shape index (κ3) is 6.01. The molecule has 0 bridgehead atoms. The Labute approximate surface area is 187 Å². The number of benzene rings is 2. The van der Waals surface area contributed by atoms with Crippen LogP contribution in [-0.4, -0.2) is 33.5 Å². The van der Waals surface area contributed by atoms with E-state index < -0.39 is 0 Å². The van der Waals surface area contributed by atoms with Crippen LogP contribution in [-0.2, 0) is 11.3 Å². The summed E-state index contributed by atoms with van der Waals surface area (Å²) in [6, 6.07) is 13.4. The number of methoxy groups -OCH3 is 1. The zero-order chi connectivity index (χ0) is 22.4. The molecule has 3 aromatic rings. The number of ether oxygens (including phenoxy) is 2. The molecule has 1 aromatic heterocycles. The highest BCUT2D eigenvalue weighted by atomic mass is 32.2. The Morgan fingerprint density at radius 2 is 1.74 bits per heavy atom. The van der Waals surface area contributed by atoms with Crippen LogP contribution in [0.3, 0.4) is 0 Å². The maximum absolute atomic E-state index is 12.4. The van der Waals surface area contributed by atoms with Gasteiger partial charge in [0.05, 0.1) is 12.9 Å². The van der Waals surface area contributed by atoms with Crippen molar-refractivity contribution < 1.29 is 14.3 Å². The van der Waals surface area contributed by atoms with E-state index in [1.165, 1.54) is 11.8 Å². The molecule has 0 saturated heterocycles. The zero-order valence-electron chi connectivity index (χ0n) is 18.5. The summed E-state index contributed by atoms with van der Waals surface area (Å²) < 4.78 is 13.2. The van der Waals surface area contributed by atoms with E-state index in [4.69, 9.17) is 9.47 Å². The number of thioether (sulfide) groups is 1. The van der Waals surface area contributed by atoms with Crippen LogP contribution in [0, 0.1) is 13.8 Å². The first-order valence-electron chi connectivity index (χ1n) is 10.1. The van der Waals surface area contributed by atoms with Crippen LogP contribution in [0.25, 0.3) is 0 Å². The number of hydrogen-bond acceptors (Lipinski definition) is 6. The summed E-state index contributed by atoms with van der Waals surface area (Å²) in [5, 5.41) is 12.2. The van der Waals surface area contributed by atoms with Crippen molar-refractivity contribution in [3.8, 4) is 11.5 Å². The van der Waals surface area contributed by atoms with Gasteiger partial charge < -0.3 is 19.4 Å². The van der Waals surface area contributed by atoms with E-state index in [9.17, 15) is 4.79 Å². The molecule has 0 saturated carbocycles. The number of anilines is 1. The Bertz CT molecular complexity index is 1010. The summed E-state index contributed by atoms with van der Waals surface area (Å²) in [7, 11) is 1.63. The lowest BCUT2D eigenvalue weighted by Crippen LogP contribution is -2.15. The van der Waals surface area contributed by atoms with E-state index in [0.29, 0.717) is 11.7 Å². The van der Waals surface area contributed by atoms with E-state index in [1.807, 2.05) is 68.7 Å². The number of hydrogen-bond donors (Lipinski definition) is 1. The maximum Gasteiger partial charge on any atom is 0.234 e. The number of rotatable bonds is 9. The smallest absolute Gasteiger partial charge is 0.234 e. The highest BCUT2D eigenvalue weighted by molar-refractivity contribution is 7.99. The van der Waals surface area contributed by atoms with Crippen LogP contribution in [0.1, 0.15) is 36.9 Å². The molecule has 0 spiro atoms.